The fourth-order valence-corrected chi connectivity index (χ4v) is 4.08. The average molecular weight is 370 g/mol. The number of carbonyl (C=O) groups is 2. The van der Waals surface area contributed by atoms with E-state index in [1.54, 1.807) is 11.1 Å². The SMILES string of the molecule is C=CC(=O)N1CCC(C(=O)Nc2cnc(N3CCCCC3C)c(C)c2)CC1. The minimum Gasteiger partial charge on any atom is -0.354 e. The number of rotatable bonds is 4. The van der Waals surface area contributed by atoms with E-state index in [4.69, 9.17) is 0 Å². The third-order valence-electron chi connectivity index (χ3n) is 5.75. The Morgan fingerprint density at radius 2 is 1.96 bits per heavy atom. The maximum Gasteiger partial charge on any atom is 0.245 e. The van der Waals surface area contributed by atoms with Gasteiger partial charge in [-0.1, -0.05) is 6.58 Å². The van der Waals surface area contributed by atoms with Gasteiger partial charge in [0.15, 0.2) is 0 Å². The quantitative estimate of drug-likeness (QED) is 0.827. The molecule has 0 spiro atoms. The zero-order valence-electron chi connectivity index (χ0n) is 16.4. The molecule has 1 aromatic heterocycles. The van der Waals surface area contributed by atoms with E-state index in [0.29, 0.717) is 32.0 Å². The second-order valence-corrected chi connectivity index (χ2v) is 7.70. The number of hydrogen-bond acceptors (Lipinski definition) is 4. The molecule has 2 fully saturated rings. The molecule has 0 aromatic carbocycles. The third-order valence-corrected chi connectivity index (χ3v) is 5.75. The van der Waals surface area contributed by atoms with Crippen molar-refractivity contribution >= 4 is 23.3 Å². The van der Waals surface area contributed by atoms with Gasteiger partial charge in [-0.2, -0.15) is 0 Å². The molecule has 0 aliphatic carbocycles. The molecule has 0 radical (unpaired) electrons. The number of nitrogens with one attached hydrogen (secondary N) is 1. The minimum atomic E-state index is -0.0686. The molecule has 2 aliphatic heterocycles. The van der Waals surface area contributed by atoms with Crippen LogP contribution in [0.25, 0.3) is 0 Å². The summed E-state index contributed by atoms with van der Waals surface area (Å²) < 4.78 is 0. The van der Waals surface area contributed by atoms with Gasteiger partial charge in [-0.15, -0.1) is 0 Å². The van der Waals surface area contributed by atoms with Gasteiger partial charge in [0.1, 0.15) is 5.82 Å². The van der Waals surface area contributed by atoms with Crippen molar-refractivity contribution in [1.82, 2.24) is 9.88 Å². The lowest BCUT2D eigenvalue weighted by molar-refractivity contribution is -0.130. The maximum absolute atomic E-state index is 12.6. The molecule has 3 heterocycles. The summed E-state index contributed by atoms with van der Waals surface area (Å²) in [6.45, 7) is 10.1. The predicted octanol–water partition coefficient (Wildman–Crippen LogP) is 3.13. The van der Waals surface area contributed by atoms with E-state index in [0.717, 1.165) is 23.6 Å². The largest absolute Gasteiger partial charge is 0.354 e. The third kappa shape index (κ3) is 4.49. The van der Waals surface area contributed by atoms with Gasteiger partial charge in [0.05, 0.1) is 11.9 Å². The molecule has 3 rings (SSSR count). The number of hydrogen-bond donors (Lipinski definition) is 1. The lowest BCUT2D eigenvalue weighted by atomic mass is 9.95. The number of anilines is 2. The number of aromatic nitrogens is 1. The van der Waals surface area contributed by atoms with E-state index in [2.05, 4.69) is 35.6 Å². The van der Waals surface area contributed by atoms with Crippen molar-refractivity contribution in [3.8, 4) is 0 Å². The Labute approximate surface area is 161 Å². The Bertz CT molecular complexity index is 710. The van der Waals surface area contributed by atoms with E-state index < -0.39 is 0 Å². The second kappa shape index (κ2) is 8.55. The molecular formula is C21H30N4O2. The molecule has 1 N–H and O–H groups in total. The Hall–Kier alpha value is -2.37. The molecule has 27 heavy (non-hydrogen) atoms. The van der Waals surface area contributed by atoms with Crippen LogP contribution in [0.2, 0.25) is 0 Å². The second-order valence-electron chi connectivity index (χ2n) is 7.70. The summed E-state index contributed by atoms with van der Waals surface area (Å²) >= 11 is 0. The van der Waals surface area contributed by atoms with Gasteiger partial charge < -0.3 is 15.1 Å². The van der Waals surface area contributed by atoms with Crippen LogP contribution in [0.4, 0.5) is 11.5 Å². The average Bonchev–Trinajstić information content (AvgIpc) is 2.68. The number of carbonyl (C=O) groups excluding carboxylic acids is 2. The normalized spacial score (nSPS) is 21.0. The van der Waals surface area contributed by atoms with Gasteiger partial charge in [-0.3, -0.25) is 9.59 Å². The van der Waals surface area contributed by atoms with Crippen molar-refractivity contribution in [2.24, 2.45) is 5.92 Å². The summed E-state index contributed by atoms with van der Waals surface area (Å²) in [6, 6.07) is 2.52. The molecule has 146 valence electrons. The minimum absolute atomic E-state index is 0.0148. The van der Waals surface area contributed by atoms with E-state index in [-0.39, 0.29) is 17.7 Å². The van der Waals surface area contributed by atoms with Crippen LogP contribution in [0, 0.1) is 12.8 Å². The van der Waals surface area contributed by atoms with Gasteiger partial charge in [-0.25, -0.2) is 4.98 Å². The van der Waals surface area contributed by atoms with Gasteiger partial charge in [0, 0.05) is 31.6 Å². The highest BCUT2D eigenvalue weighted by molar-refractivity contribution is 5.93. The van der Waals surface area contributed by atoms with E-state index in [1.807, 2.05) is 6.07 Å². The smallest absolute Gasteiger partial charge is 0.245 e. The highest BCUT2D eigenvalue weighted by Crippen LogP contribution is 2.27. The Morgan fingerprint density at radius 1 is 1.22 bits per heavy atom. The molecule has 1 unspecified atom stereocenters. The monoisotopic (exact) mass is 370 g/mol. The number of likely N-dealkylation sites (tertiary alicyclic amines) is 1. The number of pyridine rings is 1. The molecule has 6 heteroatoms. The molecule has 1 atom stereocenters. The molecule has 1 aromatic rings. The van der Waals surface area contributed by atoms with Gasteiger partial charge in [-0.05, 0) is 63.7 Å². The van der Waals surface area contributed by atoms with Crippen molar-refractivity contribution in [2.45, 2.75) is 52.0 Å². The fraction of sp³-hybridized carbons (Fsp3) is 0.571. The molecule has 6 nitrogen and oxygen atoms in total. The topological polar surface area (TPSA) is 65.5 Å². The van der Waals surface area contributed by atoms with Crippen molar-refractivity contribution in [3.05, 3.63) is 30.5 Å². The Morgan fingerprint density at radius 3 is 2.59 bits per heavy atom. The van der Waals surface area contributed by atoms with Crippen LogP contribution in [0.15, 0.2) is 24.9 Å². The van der Waals surface area contributed by atoms with Crippen molar-refractivity contribution in [3.63, 3.8) is 0 Å². The summed E-state index contributed by atoms with van der Waals surface area (Å²) in [5.74, 6) is 0.912. The first kappa shape index (κ1) is 19.4. The van der Waals surface area contributed by atoms with Crippen molar-refractivity contribution < 1.29 is 9.59 Å². The lowest BCUT2D eigenvalue weighted by Crippen LogP contribution is -2.40. The summed E-state index contributed by atoms with van der Waals surface area (Å²) in [7, 11) is 0. The number of piperidine rings is 2. The Kier molecular flexibility index (Phi) is 6.14. The number of amides is 2. The standard InChI is InChI=1S/C21H30N4O2/c1-4-19(26)24-11-8-17(9-12-24)21(27)23-18-13-15(2)20(22-14-18)25-10-6-5-7-16(25)3/h4,13-14,16-17H,1,5-12H2,2-3H3,(H,23,27). The number of nitrogens with zero attached hydrogens (tertiary/aromatic N) is 3. The van der Waals surface area contributed by atoms with Crippen LogP contribution in [0.5, 0.6) is 0 Å². The maximum atomic E-state index is 12.6. The molecule has 0 bridgehead atoms. The highest BCUT2D eigenvalue weighted by Gasteiger charge is 2.27. The van der Waals surface area contributed by atoms with Gasteiger partial charge in [0.2, 0.25) is 11.8 Å². The highest BCUT2D eigenvalue weighted by atomic mass is 16.2. The van der Waals surface area contributed by atoms with Crippen molar-refractivity contribution in [2.75, 3.05) is 29.9 Å². The summed E-state index contributed by atoms with van der Waals surface area (Å²) in [5, 5.41) is 3.01. The lowest BCUT2D eigenvalue weighted by Gasteiger charge is -2.35. The predicted molar refractivity (Wildman–Crippen MR) is 108 cm³/mol. The zero-order chi connectivity index (χ0) is 19.4. The van der Waals surface area contributed by atoms with Crippen LogP contribution in [-0.2, 0) is 9.59 Å². The van der Waals surface area contributed by atoms with E-state index in [1.165, 1.54) is 25.3 Å². The van der Waals surface area contributed by atoms with Crippen LogP contribution in [-0.4, -0.2) is 47.4 Å². The molecule has 2 amide bonds. The summed E-state index contributed by atoms with van der Waals surface area (Å²) in [4.78, 5) is 33.0. The first-order chi connectivity index (χ1) is 13.0. The van der Waals surface area contributed by atoms with Gasteiger partial charge >= 0.3 is 0 Å². The summed E-state index contributed by atoms with van der Waals surface area (Å²) in [6.07, 6.45) is 8.14. The fourth-order valence-electron chi connectivity index (χ4n) is 4.08. The Balaban J connectivity index is 1.59. The van der Waals surface area contributed by atoms with E-state index in [9.17, 15) is 9.59 Å². The van der Waals surface area contributed by atoms with Crippen LogP contribution in [0.1, 0.15) is 44.6 Å². The van der Waals surface area contributed by atoms with Crippen LogP contribution >= 0.6 is 0 Å². The molecule has 0 saturated carbocycles. The van der Waals surface area contributed by atoms with Crippen LogP contribution < -0.4 is 10.2 Å². The zero-order valence-corrected chi connectivity index (χ0v) is 16.4. The molecule has 2 saturated heterocycles. The number of aryl methyl sites for hydroxylation is 1. The first-order valence-corrected chi connectivity index (χ1v) is 9.95. The molecular weight excluding hydrogens is 340 g/mol. The first-order valence-electron chi connectivity index (χ1n) is 9.95. The summed E-state index contributed by atoms with van der Waals surface area (Å²) in [5.41, 5.74) is 1.84. The van der Waals surface area contributed by atoms with E-state index >= 15 is 0 Å². The van der Waals surface area contributed by atoms with Gasteiger partial charge in [0.25, 0.3) is 0 Å². The molecule has 2 aliphatic rings. The van der Waals surface area contributed by atoms with Crippen LogP contribution in [0.3, 0.4) is 0 Å². The van der Waals surface area contributed by atoms with Crippen molar-refractivity contribution in [1.29, 1.82) is 0 Å².